The molecule has 0 radical (unpaired) electrons. The van der Waals surface area contributed by atoms with Crippen molar-refractivity contribution < 1.29 is 90.2 Å². The van der Waals surface area contributed by atoms with E-state index in [1.165, 1.54) is 6.92 Å². The molecule has 1 saturated carbocycles. The van der Waals surface area contributed by atoms with Crippen molar-refractivity contribution in [3.8, 4) is 0 Å². The molecule has 1 aliphatic carbocycles. The Bertz CT molecular complexity index is 3170. The van der Waals surface area contributed by atoms with Crippen LogP contribution in [-0.4, -0.2) is 158 Å². The van der Waals surface area contributed by atoms with Gasteiger partial charge in [0.25, 0.3) is 0 Å². The zero-order chi connectivity index (χ0) is 66.7. The van der Waals surface area contributed by atoms with Gasteiger partial charge in [-0.15, -0.1) is 18.4 Å². The minimum atomic E-state index is -5.03. The van der Waals surface area contributed by atoms with E-state index in [9.17, 15) is 54.2 Å². The first-order valence-corrected chi connectivity index (χ1v) is 32.9. The first kappa shape index (κ1) is 78.7. The van der Waals surface area contributed by atoms with Crippen LogP contribution in [0.5, 0.6) is 0 Å². The Hall–Kier alpha value is -5.01. The largest absolute Gasteiger partial charge is 3.00 e. The third-order valence-electron chi connectivity index (χ3n) is 21.9. The molecular formula is C62H97ClCoN13O15P-. The average molecular weight is 1390 g/mol. The van der Waals surface area contributed by atoms with E-state index in [1.54, 1.807) is 13.8 Å². The van der Waals surface area contributed by atoms with Crippen LogP contribution in [0.4, 0.5) is 0 Å². The topological polar surface area (TPSA) is 503 Å². The molecule has 522 valence electrons. The van der Waals surface area contributed by atoms with Crippen molar-refractivity contribution in [1.82, 2.24) is 15.5 Å². The Labute approximate surface area is 560 Å². The zero-order valence-corrected chi connectivity index (χ0v) is 57.7. The van der Waals surface area contributed by atoms with Gasteiger partial charge in [-0.1, -0.05) is 61.6 Å². The number of phosphoric acid groups is 1. The van der Waals surface area contributed by atoms with Crippen molar-refractivity contribution in [1.29, 1.82) is 16.2 Å². The molecule has 8 aliphatic rings. The summed E-state index contributed by atoms with van der Waals surface area (Å²) in [4.78, 5) is 84.9. The molecule has 7 aliphatic heterocycles. The molecule has 93 heavy (non-hydrogen) atoms. The maximum atomic E-state index is 14.4. The number of carbonyl (C=O) groups is 4. The summed E-state index contributed by atoms with van der Waals surface area (Å²) in [5.74, 6) is -7.34. The third-order valence-corrected chi connectivity index (χ3v) is 23.1. The van der Waals surface area contributed by atoms with Gasteiger partial charge in [-0.2, -0.15) is 0 Å². The van der Waals surface area contributed by atoms with Gasteiger partial charge in [-0.3, -0.25) is 48.1 Å². The molecule has 31 heteroatoms. The van der Waals surface area contributed by atoms with Crippen LogP contribution in [0, 0.1) is 73.4 Å². The Morgan fingerprint density at radius 2 is 1.47 bits per heavy atom. The van der Waals surface area contributed by atoms with Crippen molar-refractivity contribution in [2.24, 2.45) is 89.3 Å². The molecule has 4 fully saturated rings. The molecule has 0 aromatic heterocycles. The Morgan fingerprint density at radius 3 is 2.04 bits per heavy atom. The number of aliphatic imine (C=N–C) groups is 3. The number of aliphatic hydroxyl groups excluding tert-OH is 2. The monoisotopic (exact) mass is 1390 g/mol. The van der Waals surface area contributed by atoms with E-state index in [-0.39, 0.29) is 131 Å². The second-order valence-corrected chi connectivity index (χ2v) is 29.6. The van der Waals surface area contributed by atoms with Gasteiger partial charge < -0.3 is 90.0 Å². The van der Waals surface area contributed by atoms with Gasteiger partial charge >= 0.3 is 24.6 Å². The molecule has 19 atom stereocenters. The molecule has 8 bridgehead atoms. The number of aliphatic hydroxyl groups is 2. The van der Waals surface area contributed by atoms with Crippen LogP contribution in [0.2, 0.25) is 0 Å². The summed E-state index contributed by atoms with van der Waals surface area (Å²) < 4.78 is 30.9. The number of fused-ring (bicyclic) bond motifs is 7. The second-order valence-electron chi connectivity index (χ2n) is 28.3. The number of amides is 4. The number of nitrogens with zero attached hydrogens (tertiary/aromatic N) is 5. The molecule has 7 heterocycles. The van der Waals surface area contributed by atoms with E-state index >= 15 is 0 Å². The van der Waals surface area contributed by atoms with Gasteiger partial charge in [-0.25, -0.2) is 4.57 Å². The summed E-state index contributed by atoms with van der Waals surface area (Å²) in [6, 6.07) is -1.07. The molecule has 4 amide bonds. The maximum absolute atomic E-state index is 14.4. The van der Waals surface area contributed by atoms with E-state index in [1.807, 2.05) is 52.5 Å². The molecule has 28 nitrogen and oxygen atoms in total. The normalized spacial score (nSPS) is 36.0. The summed E-state index contributed by atoms with van der Waals surface area (Å²) in [6.07, 6.45) is -4.29. The SMILES string of the molecule is CC1=C2N=C(C=C3NC(=C(C)C4=NC(C)(C5N=C1C(C)(CCC(=O)NCC(C)OP(=O)(O)OC1C(CO)OC(N6C[N-]C7CC(C)C(C)CC76)C1O)C5CC(N)=O)C(C)(CC(N)=O)C4CCC(=N)[O-])C(C)(CC(N)=O)C3CCC(=N)[O-])C(C)(C)C2CCC(=N)[O-].Cl.O.[Co+3]. The van der Waals surface area contributed by atoms with Crippen molar-refractivity contribution in [3.63, 3.8) is 0 Å². The minimum Gasteiger partial charge on any atom is -0.862 e. The number of nitrogens with one attached hydrogen (secondary N) is 5. The summed E-state index contributed by atoms with van der Waals surface area (Å²) in [5, 5.41) is 95.1. The minimum absolute atomic E-state index is 0. The smallest absolute Gasteiger partial charge is 0.862 e. The molecule has 16 N–H and O–H groups in total. The van der Waals surface area contributed by atoms with Gasteiger partial charge in [0, 0.05) is 112 Å². The van der Waals surface area contributed by atoms with Crippen LogP contribution in [0.1, 0.15) is 160 Å². The number of ether oxygens (including phenoxy) is 1. The molecule has 0 aromatic carbocycles. The summed E-state index contributed by atoms with van der Waals surface area (Å²) in [7, 11) is -5.03. The third kappa shape index (κ3) is 15.4. The molecule has 0 spiro atoms. The van der Waals surface area contributed by atoms with Crippen LogP contribution in [0.15, 0.2) is 49.3 Å². The molecular weight excluding hydrogens is 1290 g/mol. The Morgan fingerprint density at radius 1 is 0.892 bits per heavy atom. The zero-order valence-electron chi connectivity index (χ0n) is 55.0. The van der Waals surface area contributed by atoms with Crippen LogP contribution in [-0.2, 0) is 54.3 Å². The Kier molecular flexibility index (Phi) is 25.2. The van der Waals surface area contributed by atoms with E-state index in [0.29, 0.717) is 57.2 Å². The van der Waals surface area contributed by atoms with E-state index in [2.05, 4.69) is 24.5 Å². The predicted octanol–water partition coefficient (Wildman–Crippen LogP) is 1.93. The number of allylic oxidation sites excluding steroid dienone is 6. The summed E-state index contributed by atoms with van der Waals surface area (Å²) in [6.45, 7) is 19.9. The second kappa shape index (κ2) is 29.8. The van der Waals surface area contributed by atoms with Crippen LogP contribution in [0.25, 0.3) is 5.32 Å². The fourth-order valence-corrected chi connectivity index (χ4v) is 17.8. The molecule has 3 saturated heterocycles. The van der Waals surface area contributed by atoms with Gasteiger partial charge in [0.05, 0.1) is 24.3 Å². The van der Waals surface area contributed by atoms with Gasteiger partial charge in [-0.05, 0) is 132 Å². The molecule has 19 unspecified atom stereocenters. The number of rotatable bonds is 26. The molecule has 0 aromatic rings. The molecule has 8 rings (SSSR count). The Balaban J connectivity index is 0.00000523. The van der Waals surface area contributed by atoms with Gasteiger partial charge in [0.2, 0.25) is 23.6 Å². The number of primary amides is 3. The predicted molar refractivity (Wildman–Crippen MR) is 341 cm³/mol. The number of nitrogens with two attached hydrogens (primary N) is 3. The van der Waals surface area contributed by atoms with Crippen molar-refractivity contribution in [2.45, 2.75) is 214 Å². The van der Waals surface area contributed by atoms with E-state index in [0.717, 1.165) is 12.8 Å². The van der Waals surface area contributed by atoms with Crippen LogP contribution < -0.4 is 43.2 Å². The summed E-state index contributed by atoms with van der Waals surface area (Å²) >= 11 is 0. The number of halogens is 1. The standard InChI is InChI=1S/C62H97N13O14P.ClH.Co.H2O/c1-29-20-39-40(21-30(29)2)75(28-70-39)57-52(84)53(41(27-76)87-57)89-90(85,86)88-31(3)26-69-49(83)18-19-59(8)37(22-46(66)80)56-62(11)61(10,25-48(68)82)36(14-17-45(65)79)51(74-62)33(5)55-60(9,24-47(67)81)34(12-15-43(63)77)38(71-55)23-42-58(6,7)35(13-16-44(64)78)50(72-42)32(4)54(59)73-56;;;/h23,29-31,34-37,39-41,52-53,56-57,71,76,84H,12-22,24-28H2,1-11H3,(H2,63,77)(H2,64,78)(H2,65,79)(H2,66,80)(H2,67,81)(H2,68,82)(H,69,83)(H,85,86);1H;;1H2/q-1;;+3;/p-3. The number of phosphoric ester groups is 1. The van der Waals surface area contributed by atoms with Crippen LogP contribution in [0.3, 0.4) is 0 Å². The van der Waals surface area contributed by atoms with Gasteiger partial charge in [0.15, 0.2) is 0 Å². The number of hydrogen-bond acceptors (Lipinski definition) is 21. The first-order valence-electron chi connectivity index (χ1n) is 31.4. The maximum Gasteiger partial charge on any atom is 3.00 e. The number of carbonyl (C=O) groups excluding carboxylic acids is 4. The van der Waals surface area contributed by atoms with Gasteiger partial charge in [0.1, 0.15) is 24.5 Å². The van der Waals surface area contributed by atoms with E-state index in [4.69, 9.17) is 67.5 Å². The first-order chi connectivity index (χ1) is 41.8. The van der Waals surface area contributed by atoms with Crippen molar-refractivity contribution >= 4 is 78.7 Å². The number of hydrogen-bond donors (Lipinski definition) is 11. The fourth-order valence-electron chi connectivity index (χ4n) is 16.6. The quantitative estimate of drug-likeness (QED) is 0.0335. The van der Waals surface area contributed by atoms with Crippen molar-refractivity contribution in [3.05, 3.63) is 39.6 Å². The average Bonchev–Trinajstić information content (AvgIpc) is 1.53. The van der Waals surface area contributed by atoms with Crippen molar-refractivity contribution in [2.75, 3.05) is 19.8 Å². The summed E-state index contributed by atoms with van der Waals surface area (Å²) in [5.41, 5.74) is 16.1. The van der Waals surface area contributed by atoms with Crippen LogP contribution >= 0.6 is 20.2 Å². The van der Waals surface area contributed by atoms with E-state index < -0.39 is 143 Å². The fraction of sp³-hybridized carbons (Fsp3) is 0.742.